The first kappa shape index (κ1) is 15.8. The maximum atomic E-state index is 13.6. The second-order valence-electron chi connectivity index (χ2n) is 4.64. The van der Waals surface area contributed by atoms with Gasteiger partial charge in [0.05, 0.1) is 18.1 Å². The molecule has 1 aromatic carbocycles. The van der Waals surface area contributed by atoms with Crippen molar-refractivity contribution < 1.29 is 13.9 Å². The van der Waals surface area contributed by atoms with Crippen LogP contribution < -0.4 is 4.74 Å². The number of ether oxygens (including phenoxy) is 2. The molecule has 104 valence electrons. The van der Waals surface area contributed by atoms with Crippen molar-refractivity contribution in [3.8, 4) is 17.6 Å². The van der Waals surface area contributed by atoms with Crippen LogP contribution in [0.1, 0.15) is 25.8 Å². The van der Waals surface area contributed by atoms with Crippen LogP contribution in [0.3, 0.4) is 0 Å². The Bertz CT molecular complexity index is 475. The maximum Gasteiger partial charge on any atom is 0.165 e. The smallest absolute Gasteiger partial charge is 0.165 e. The molecule has 0 aliphatic rings. The van der Waals surface area contributed by atoms with Gasteiger partial charge in [-0.05, 0) is 32.0 Å². The largest absolute Gasteiger partial charge is 0.490 e. The second kappa shape index (κ2) is 7.37. The van der Waals surface area contributed by atoms with Crippen molar-refractivity contribution in [2.75, 3.05) is 19.6 Å². The Balaban J connectivity index is 2.67. The fourth-order valence-electron chi connectivity index (χ4n) is 1.34. The lowest BCUT2D eigenvalue weighted by atomic mass is 10.1. The zero-order chi connectivity index (χ0) is 14.3. The molecule has 0 aromatic heterocycles. The van der Waals surface area contributed by atoms with Crippen LogP contribution >= 0.6 is 11.6 Å². The number of rotatable bonds is 5. The number of alkyl halides is 1. The predicted molar refractivity (Wildman–Crippen MR) is 75.2 cm³/mol. The van der Waals surface area contributed by atoms with Gasteiger partial charge < -0.3 is 9.47 Å². The molecule has 0 aliphatic carbocycles. The van der Waals surface area contributed by atoms with Gasteiger partial charge >= 0.3 is 0 Å². The third-order valence-electron chi connectivity index (χ3n) is 2.75. The summed E-state index contributed by atoms with van der Waals surface area (Å²) in [6, 6.07) is 4.52. The minimum absolute atomic E-state index is 0.202. The number of halogens is 2. The number of hydrogen-bond donors (Lipinski definition) is 0. The van der Waals surface area contributed by atoms with Crippen molar-refractivity contribution in [1.29, 1.82) is 0 Å². The van der Waals surface area contributed by atoms with Gasteiger partial charge in [0.2, 0.25) is 0 Å². The van der Waals surface area contributed by atoms with Gasteiger partial charge in [0.25, 0.3) is 0 Å². The van der Waals surface area contributed by atoms with E-state index in [0.29, 0.717) is 18.6 Å². The second-order valence-corrected chi connectivity index (χ2v) is 4.91. The molecule has 1 aromatic rings. The molecule has 4 heteroatoms. The Morgan fingerprint density at radius 3 is 2.74 bits per heavy atom. The molecule has 0 saturated carbocycles. The van der Waals surface area contributed by atoms with E-state index in [4.69, 9.17) is 21.1 Å². The summed E-state index contributed by atoms with van der Waals surface area (Å²) in [6.07, 6.45) is 0.667. The SMILES string of the molecule is COC(C)(C)CCOc1cc(C#CCCl)ccc1F. The van der Waals surface area contributed by atoms with Crippen molar-refractivity contribution in [1.82, 2.24) is 0 Å². The summed E-state index contributed by atoms with van der Waals surface area (Å²) in [7, 11) is 1.64. The Morgan fingerprint density at radius 2 is 2.11 bits per heavy atom. The first-order valence-electron chi connectivity index (χ1n) is 6.01. The van der Waals surface area contributed by atoms with Gasteiger partial charge in [0.1, 0.15) is 0 Å². The van der Waals surface area contributed by atoms with Crippen LogP contribution in [0.4, 0.5) is 4.39 Å². The average molecular weight is 285 g/mol. The molecule has 0 saturated heterocycles. The van der Waals surface area contributed by atoms with Gasteiger partial charge in [-0.15, -0.1) is 11.6 Å². The Hall–Kier alpha value is -1.24. The van der Waals surface area contributed by atoms with Gasteiger partial charge in [-0.3, -0.25) is 0 Å². The maximum absolute atomic E-state index is 13.6. The average Bonchev–Trinajstić information content (AvgIpc) is 2.39. The molecule has 19 heavy (non-hydrogen) atoms. The first-order valence-corrected chi connectivity index (χ1v) is 6.54. The predicted octanol–water partition coefficient (Wildman–Crippen LogP) is 3.61. The van der Waals surface area contributed by atoms with E-state index in [-0.39, 0.29) is 17.2 Å². The van der Waals surface area contributed by atoms with E-state index >= 15 is 0 Å². The van der Waals surface area contributed by atoms with Gasteiger partial charge in [-0.1, -0.05) is 11.8 Å². The number of hydrogen-bond acceptors (Lipinski definition) is 2. The van der Waals surface area contributed by atoms with Crippen LogP contribution in [0.15, 0.2) is 18.2 Å². The quantitative estimate of drug-likeness (QED) is 0.607. The molecule has 0 atom stereocenters. The van der Waals surface area contributed by atoms with Crippen LogP contribution in [0.2, 0.25) is 0 Å². The van der Waals surface area contributed by atoms with E-state index in [9.17, 15) is 4.39 Å². The summed E-state index contributed by atoms with van der Waals surface area (Å²) in [5, 5.41) is 0. The van der Waals surface area contributed by atoms with E-state index in [1.165, 1.54) is 6.07 Å². The molecule has 0 bridgehead atoms. The van der Waals surface area contributed by atoms with Crippen molar-refractivity contribution in [3.63, 3.8) is 0 Å². The monoisotopic (exact) mass is 284 g/mol. The van der Waals surface area contributed by atoms with E-state index in [1.807, 2.05) is 13.8 Å². The van der Waals surface area contributed by atoms with Gasteiger partial charge in [-0.2, -0.15) is 0 Å². The fourth-order valence-corrected chi connectivity index (χ4v) is 1.40. The van der Waals surface area contributed by atoms with Gasteiger partial charge in [0, 0.05) is 19.1 Å². The highest BCUT2D eigenvalue weighted by molar-refractivity contribution is 6.19. The minimum Gasteiger partial charge on any atom is -0.490 e. The summed E-state index contributed by atoms with van der Waals surface area (Å²) in [5.41, 5.74) is 0.398. The zero-order valence-corrected chi connectivity index (χ0v) is 12.2. The molecule has 0 spiro atoms. The third kappa shape index (κ3) is 5.50. The molecular formula is C15H18ClFO2. The summed E-state index contributed by atoms with van der Waals surface area (Å²) in [4.78, 5) is 0. The van der Waals surface area contributed by atoms with Crippen molar-refractivity contribution in [2.24, 2.45) is 0 Å². The summed E-state index contributed by atoms with van der Waals surface area (Å²) < 4.78 is 24.3. The van der Waals surface area contributed by atoms with E-state index < -0.39 is 5.82 Å². The molecule has 0 amide bonds. The molecule has 0 aliphatic heterocycles. The Labute approximate surface area is 118 Å². The topological polar surface area (TPSA) is 18.5 Å². The van der Waals surface area contributed by atoms with Gasteiger partial charge in [0.15, 0.2) is 11.6 Å². The van der Waals surface area contributed by atoms with Crippen LogP contribution in [0.25, 0.3) is 0 Å². The molecule has 0 heterocycles. The van der Waals surface area contributed by atoms with E-state index in [0.717, 1.165) is 0 Å². The highest BCUT2D eigenvalue weighted by Gasteiger charge is 2.16. The molecule has 0 unspecified atom stereocenters. The highest BCUT2D eigenvalue weighted by Crippen LogP contribution is 2.20. The minimum atomic E-state index is -0.397. The van der Waals surface area contributed by atoms with Crippen LogP contribution in [-0.2, 0) is 4.74 Å². The van der Waals surface area contributed by atoms with Crippen molar-refractivity contribution in [3.05, 3.63) is 29.6 Å². The Kier molecular flexibility index (Phi) is 6.14. The first-order chi connectivity index (χ1) is 8.98. The standard InChI is InChI=1S/C15H18ClFO2/c1-15(2,18-3)8-10-19-14-11-12(5-4-9-16)6-7-13(14)17/h6-7,11H,8-10H2,1-3H3. The van der Waals surface area contributed by atoms with Crippen molar-refractivity contribution in [2.45, 2.75) is 25.9 Å². The molecule has 2 nitrogen and oxygen atoms in total. The lowest BCUT2D eigenvalue weighted by molar-refractivity contribution is 0.00514. The van der Waals surface area contributed by atoms with E-state index in [2.05, 4.69) is 11.8 Å². The summed E-state index contributed by atoms with van der Waals surface area (Å²) in [6.45, 7) is 4.29. The number of benzene rings is 1. The fraction of sp³-hybridized carbons (Fsp3) is 0.467. The molecule has 0 fully saturated rings. The van der Waals surface area contributed by atoms with Crippen LogP contribution in [-0.4, -0.2) is 25.2 Å². The van der Waals surface area contributed by atoms with E-state index in [1.54, 1.807) is 19.2 Å². The lowest BCUT2D eigenvalue weighted by Gasteiger charge is -2.22. The molecule has 1 rings (SSSR count). The summed E-state index contributed by atoms with van der Waals surface area (Å²) >= 11 is 5.48. The molecular weight excluding hydrogens is 267 g/mol. The number of methoxy groups -OCH3 is 1. The molecule has 0 N–H and O–H groups in total. The third-order valence-corrected chi connectivity index (χ3v) is 2.88. The van der Waals surface area contributed by atoms with Crippen molar-refractivity contribution >= 4 is 11.6 Å². The van der Waals surface area contributed by atoms with Gasteiger partial charge in [-0.25, -0.2) is 4.39 Å². The Morgan fingerprint density at radius 1 is 1.37 bits per heavy atom. The van der Waals surface area contributed by atoms with Crippen LogP contribution in [0.5, 0.6) is 5.75 Å². The highest BCUT2D eigenvalue weighted by atomic mass is 35.5. The zero-order valence-electron chi connectivity index (χ0n) is 11.4. The van der Waals surface area contributed by atoms with Crippen LogP contribution in [0, 0.1) is 17.7 Å². The normalized spacial score (nSPS) is 10.8. The summed E-state index contributed by atoms with van der Waals surface area (Å²) in [5.74, 6) is 5.60. The lowest BCUT2D eigenvalue weighted by Crippen LogP contribution is -2.25. The molecule has 0 radical (unpaired) electrons.